The topological polar surface area (TPSA) is 32.3 Å². The van der Waals surface area contributed by atoms with Gasteiger partial charge in [-0.2, -0.15) is 0 Å². The van der Waals surface area contributed by atoms with Gasteiger partial charge in [-0.15, -0.1) is 0 Å². The minimum absolute atomic E-state index is 0.0167. The number of rotatable bonds is 2. The van der Waals surface area contributed by atoms with E-state index in [0.29, 0.717) is 6.04 Å². The molecule has 0 aliphatic carbocycles. The van der Waals surface area contributed by atoms with Crippen molar-refractivity contribution in [3.8, 4) is 0 Å². The van der Waals surface area contributed by atoms with E-state index in [0.717, 1.165) is 18.7 Å². The van der Waals surface area contributed by atoms with E-state index in [1.165, 1.54) is 0 Å². The zero-order valence-corrected chi connectivity index (χ0v) is 8.23. The van der Waals surface area contributed by atoms with Gasteiger partial charge in [0.25, 0.3) is 0 Å². The quantitative estimate of drug-likeness (QED) is 0.760. The summed E-state index contributed by atoms with van der Waals surface area (Å²) in [6.45, 7) is 2.86. The smallest absolute Gasteiger partial charge is 0.322 e. The number of urea groups is 1. The molecule has 1 aromatic carbocycles. The van der Waals surface area contributed by atoms with E-state index in [2.05, 4.69) is 12.2 Å². The first-order valence-corrected chi connectivity index (χ1v) is 4.94. The Morgan fingerprint density at radius 1 is 1.43 bits per heavy atom. The summed E-state index contributed by atoms with van der Waals surface area (Å²) in [7, 11) is 0. The van der Waals surface area contributed by atoms with Crippen molar-refractivity contribution in [1.82, 2.24) is 5.32 Å². The molecule has 1 N–H and O–H groups in total. The molecule has 0 bridgehead atoms. The van der Waals surface area contributed by atoms with Gasteiger partial charge in [-0.1, -0.05) is 25.1 Å². The summed E-state index contributed by atoms with van der Waals surface area (Å²) in [5, 5.41) is 2.94. The van der Waals surface area contributed by atoms with Crippen LogP contribution < -0.4 is 10.2 Å². The van der Waals surface area contributed by atoms with Gasteiger partial charge in [0.15, 0.2) is 0 Å². The minimum atomic E-state index is 0.0167. The standard InChI is InChI=1S/C11H14N2O/c1-2-9-8-13(11(14)12-9)10-6-4-3-5-7-10/h3-7,9H,2,8H2,1H3,(H,12,14). The fourth-order valence-corrected chi connectivity index (χ4v) is 1.66. The van der Waals surface area contributed by atoms with E-state index in [1.54, 1.807) is 4.90 Å². The Labute approximate surface area is 83.7 Å². The van der Waals surface area contributed by atoms with Gasteiger partial charge in [0.1, 0.15) is 0 Å². The Morgan fingerprint density at radius 2 is 2.14 bits per heavy atom. The van der Waals surface area contributed by atoms with Crippen LogP contribution in [0.1, 0.15) is 13.3 Å². The van der Waals surface area contributed by atoms with Crippen molar-refractivity contribution in [2.45, 2.75) is 19.4 Å². The summed E-state index contributed by atoms with van der Waals surface area (Å²) in [5.74, 6) is 0. The van der Waals surface area contributed by atoms with Crippen LogP contribution in [-0.2, 0) is 0 Å². The zero-order chi connectivity index (χ0) is 9.97. The molecule has 0 aromatic heterocycles. The van der Waals surface area contributed by atoms with Crippen LogP contribution >= 0.6 is 0 Å². The summed E-state index contributed by atoms with van der Waals surface area (Å²) < 4.78 is 0. The molecule has 1 heterocycles. The van der Waals surface area contributed by atoms with E-state index >= 15 is 0 Å². The Kier molecular flexibility index (Phi) is 2.39. The molecule has 0 spiro atoms. The van der Waals surface area contributed by atoms with E-state index in [-0.39, 0.29) is 6.03 Å². The molecule has 0 saturated carbocycles. The predicted octanol–water partition coefficient (Wildman–Crippen LogP) is 1.99. The van der Waals surface area contributed by atoms with Gasteiger partial charge in [-0.25, -0.2) is 4.79 Å². The number of anilines is 1. The van der Waals surface area contributed by atoms with E-state index in [4.69, 9.17) is 0 Å². The van der Waals surface area contributed by atoms with Gasteiger partial charge in [0.05, 0.1) is 0 Å². The highest BCUT2D eigenvalue weighted by Crippen LogP contribution is 2.18. The van der Waals surface area contributed by atoms with E-state index < -0.39 is 0 Å². The number of carbonyl (C=O) groups excluding carboxylic acids is 1. The van der Waals surface area contributed by atoms with Crippen molar-refractivity contribution >= 4 is 11.7 Å². The molecule has 2 rings (SSSR count). The highest BCUT2D eigenvalue weighted by Gasteiger charge is 2.27. The molecule has 14 heavy (non-hydrogen) atoms. The monoisotopic (exact) mass is 190 g/mol. The van der Waals surface area contributed by atoms with Crippen LogP contribution in [0.2, 0.25) is 0 Å². The second kappa shape index (κ2) is 3.70. The number of nitrogens with one attached hydrogen (secondary N) is 1. The lowest BCUT2D eigenvalue weighted by molar-refractivity contribution is 0.250. The Bertz CT molecular complexity index is 323. The molecule has 0 radical (unpaired) electrons. The van der Waals surface area contributed by atoms with Crippen LogP contribution in [-0.4, -0.2) is 18.6 Å². The Morgan fingerprint density at radius 3 is 2.71 bits per heavy atom. The number of amides is 2. The summed E-state index contributed by atoms with van der Waals surface area (Å²) in [6.07, 6.45) is 0.981. The van der Waals surface area contributed by atoms with Gasteiger partial charge in [-0.05, 0) is 18.6 Å². The largest absolute Gasteiger partial charge is 0.333 e. The maximum absolute atomic E-state index is 11.6. The van der Waals surface area contributed by atoms with Crippen LogP contribution in [0, 0.1) is 0 Å². The third-order valence-corrected chi connectivity index (χ3v) is 2.54. The third-order valence-electron chi connectivity index (χ3n) is 2.54. The number of hydrogen-bond acceptors (Lipinski definition) is 1. The van der Waals surface area contributed by atoms with Gasteiger partial charge >= 0.3 is 6.03 Å². The van der Waals surface area contributed by atoms with Crippen LogP contribution in [0.4, 0.5) is 10.5 Å². The minimum Gasteiger partial charge on any atom is -0.333 e. The molecule has 1 aliphatic heterocycles. The van der Waals surface area contributed by atoms with Crippen molar-refractivity contribution in [1.29, 1.82) is 0 Å². The summed E-state index contributed by atoms with van der Waals surface area (Å²) >= 11 is 0. The molecular formula is C11H14N2O. The molecule has 74 valence electrons. The number of carbonyl (C=O) groups is 1. The lowest BCUT2D eigenvalue weighted by Crippen LogP contribution is -2.28. The Balaban J connectivity index is 2.17. The third kappa shape index (κ3) is 1.58. The molecule has 1 atom stereocenters. The van der Waals surface area contributed by atoms with Gasteiger partial charge in [-0.3, -0.25) is 4.90 Å². The fraction of sp³-hybridized carbons (Fsp3) is 0.364. The van der Waals surface area contributed by atoms with Crippen LogP contribution in [0.5, 0.6) is 0 Å². The predicted molar refractivity (Wildman–Crippen MR) is 56.4 cm³/mol. The average Bonchev–Trinajstić information content (AvgIpc) is 2.61. The van der Waals surface area contributed by atoms with Crippen molar-refractivity contribution < 1.29 is 4.79 Å². The van der Waals surface area contributed by atoms with E-state index in [1.807, 2.05) is 30.3 Å². The van der Waals surface area contributed by atoms with Crippen LogP contribution in [0.3, 0.4) is 0 Å². The first-order chi connectivity index (χ1) is 6.81. The lowest BCUT2D eigenvalue weighted by Gasteiger charge is -2.13. The molecule has 1 fully saturated rings. The number of hydrogen-bond donors (Lipinski definition) is 1. The molecular weight excluding hydrogens is 176 g/mol. The maximum atomic E-state index is 11.6. The molecule has 2 amide bonds. The highest BCUT2D eigenvalue weighted by atomic mass is 16.2. The SMILES string of the molecule is CCC1CN(c2ccccc2)C(=O)N1. The molecule has 1 aromatic rings. The summed E-state index contributed by atoms with van der Waals surface area (Å²) in [4.78, 5) is 13.3. The lowest BCUT2D eigenvalue weighted by atomic mass is 10.2. The number of benzene rings is 1. The summed E-state index contributed by atoms with van der Waals surface area (Å²) in [5.41, 5.74) is 0.973. The van der Waals surface area contributed by atoms with Crippen molar-refractivity contribution in [2.24, 2.45) is 0 Å². The maximum Gasteiger partial charge on any atom is 0.322 e. The van der Waals surface area contributed by atoms with Crippen LogP contribution in [0.25, 0.3) is 0 Å². The molecule has 3 nitrogen and oxygen atoms in total. The van der Waals surface area contributed by atoms with Crippen LogP contribution in [0.15, 0.2) is 30.3 Å². The van der Waals surface area contributed by atoms with Gasteiger partial charge in [0, 0.05) is 18.3 Å². The number of nitrogens with zero attached hydrogens (tertiary/aromatic N) is 1. The molecule has 1 saturated heterocycles. The van der Waals surface area contributed by atoms with Crippen molar-refractivity contribution in [2.75, 3.05) is 11.4 Å². The van der Waals surface area contributed by atoms with E-state index in [9.17, 15) is 4.79 Å². The van der Waals surface area contributed by atoms with Crippen molar-refractivity contribution in [3.05, 3.63) is 30.3 Å². The van der Waals surface area contributed by atoms with Gasteiger partial charge in [0.2, 0.25) is 0 Å². The Hall–Kier alpha value is -1.51. The highest BCUT2D eigenvalue weighted by molar-refractivity contribution is 5.94. The molecule has 1 aliphatic rings. The zero-order valence-electron chi connectivity index (χ0n) is 8.23. The summed E-state index contributed by atoms with van der Waals surface area (Å²) in [6, 6.07) is 10.1. The van der Waals surface area contributed by atoms with Gasteiger partial charge < -0.3 is 5.32 Å². The second-order valence-corrected chi connectivity index (χ2v) is 3.50. The second-order valence-electron chi connectivity index (χ2n) is 3.50. The van der Waals surface area contributed by atoms with Crippen molar-refractivity contribution in [3.63, 3.8) is 0 Å². The molecule has 3 heteroatoms. The fourth-order valence-electron chi connectivity index (χ4n) is 1.66. The normalized spacial score (nSPS) is 21.1. The molecule has 1 unspecified atom stereocenters. The first kappa shape index (κ1) is 9.06. The average molecular weight is 190 g/mol. The number of para-hydroxylation sites is 1. The first-order valence-electron chi connectivity index (χ1n) is 4.94.